The van der Waals surface area contributed by atoms with E-state index in [1.807, 2.05) is 6.07 Å². The zero-order valence-corrected chi connectivity index (χ0v) is 9.82. The van der Waals surface area contributed by atoms with E-state index in [1.165, 1.54) is 0 Å². The first kappa shape index (κ1) is 10.5. The van der Waals surface area contributed by atoms with E-state index in [2.05, 4.69) is 30.4 Å². The van der Waals surface area contributed by atoms with Crippen molar-refractivity contribution in [3.05, 3.63) is 53.4 Å². The Labute approximate surface area is 101 Å². The van der Waals surface area contributed by atoms with E-state index < -0.39 is 0 Å². The number of allylic oxidation sites excluding steroid dienone is 1. The van der Waals surface area contributed by atoms with Crippen molar-refractivity contribution in [2.45, 2.75) is 32.1 Å². The van der Waals surface area contributed by atoms with Gasteiger partial charge in [-0.05, 0) is 43.2 Å². The summed E-state index contributed by atoms with van der Waals surface area (Å²) in [6, 6.07) is 8.26. The van der Waals surface area contributed by atoms with Gasteiger partial charge in [-0.15, -0.1) is 0 Å². The van der Waals surface area contributed by atoms with Crippen LogP contribution in [0.4, 0.5) is 0 Å². The van der Waals surface area contributed by atoms with Gasteiger partial charge < -0.3 is 8.83 Å². The largest absolute Gasteiger partial charge is 0.466 e. The lowest BCUT2D eigenvalue weighted by Crippen LogP contribution is -1.87. The predicted molar refractivity (Wildman–Crippen MR) is 66.8 cm³/mol. The average Bonchev–Trinajstić information content (AvgIpc) is 2.95. The van der Waals surface area contributed by atoms with Gasteiger partial charge in [0.2, 0.25) is 0 Å². The Morgan fingerprint density at radius 2 is 1.47 bits per heavy atom. The molecule has 1 aliphatic rings. The van der Waals surface area contributed by atoms with Crippen LogP contribution in [0.1, 0.15) is 35.9 Å². The van der Waals surface area contributed by atoms with E-state index >= 15 is 0 Å². The molecule has 0 unspecified atom stereocenters. The third kappa shape index (κ3) is 2.52. The van der Waals surface area contributed by atoms with Gasteiger partial charge in [0.05, 0.1) is 0 Å². The molecule has 0 N–H and O–H groups in total. The summed E-state index contributed by atoms with van der Waals surface area (Å²) in [6.07, 6.45) is 9.26. The maximum Gasteiger partial charge on any atom is 0.126 e. The molecule has 4 bridgehead atoms. The van der Waals surface area contributed by atoms with Gasteiger partial charge in [0.15, 0.2) is 0 Å². The zero-order chi connectivity index (χ0) is 11.5. The molecular weight excluding hydrogens is 212 g/mol. The fourth-order valence-electron chi connectivity index (χ4n) is 2.15. The molecule has 88 valence electrons. The summed E-state index contributed by atoms with van der Waals surface area (Å²) in [7, 11) is 0. The van der Waals surface area contributed by atoms with Gasteiger partial charge in [-0.2, -0.15) is 0 Å². The van der Waals surface area contributed by atoms with Crippen molar-refractivity contribution >= 4 is 6.08 Å². The molecule has 2 aromatic heterocycles. The van der Waals surface area contributed by atoms with Gasteiger partial charge in [0.1, 0.15) is 23.0 Å². The van der Waals surface area contributed by atoms with Crippen LogP contribution in [-0.4, -0.2) is 0 Å². The van der Waals surface area contributed by atoms with Gasteiger partial charge in [-0.3, -0.25) is 0 Å². The minimum Gasteiger partial charge on any atom is -0.466 e. The summed E-state index contributed by atoms with van der Waals surface area (Å²) in [4.78, 5) is 0. The SMILES string of the molecule is C1=C\c2ccc(o2)CCc2ccc(o2)CCC/1. The minimum atomic E-state index is 0.904. The maximum absolute atomic E-state index is 5.78. The normalized spacial score (nSPS) is 17.9. The van der Waals surface area contributed by atoms with Crippen molar-refractivity contribution < 1.29 is 8.83 Å². The van der Waals surface area contributed by atoms with Crippen LogP contribution in [0, 0.1) is 0 Å². The summed E-state index contributed by atoms with van der Waals surface area (Å²) in [5, 5.41) is 0. The van der Waals surface area contributed by atoms with Crippen molar-refractivity contribution in [1.82, 2.24) is 0 Å². The Kier molecular flexibility index (Phi) is 2.87. The Hall–Kier alpha value is -1.70. The second-order valence-electron chi connectivity index (χ2n) is 4.47. The molecule has 1 aliphatic heterocycles. The first-order chi connectivity index (χ1) is 8.40. The van der Waals surface area contributed by atoms with Crippen LogP contribution in [0.2, 0.25) is 0 Å². The topological polar surface area (TPSA) is 26.3 Å². The number of furan rings is 2. The fraction of sp³-hybridized carbons (Fsp3) is 0.333. The standard InChI is InChI=1S/C15H16O2/c1-2-4-12-6-8-14(16-12)10-11-15-9-7-13(17-15)5-3-1/h2,4,6-9H,1,3,5,10-11H2/b4-2-. The quantitative estimate of drug-likeness (QED) is 0.681. The van der Waals surface area contributed by atoms with Crippen molar-refractivity contribution in [2.24, 2.45) is 0 Å². The lowest BCUT2D eigenvalue weighted by Gasteiger charge is -1.96. The molecule has 2 nitrogen and oxygen atoms in total. The highest BCUT2D eigenvalue weighted by atomic mass is 16.3. The van der Waals surface area contributed by atoms with Crippen LogP contribution in [0.15, 0.2) is 39.2 Å². The van der Waals surface area contributed by atoms with Gasteiger partial charge in [0.25, 0.3) is 0 Å². The molecule has 2 heteroatoms. The summed E-state index contributed by atoms with van der Waals surface area (Å²) < 4.78 is 11.5. The molecule has 3 heterocycles. The average molecular weight is 228 g/mol. The van der Waals surface area contributed by atoms with Crippen LogP contribution < -0.4 is 0 Å². The summed E-state index contributed by atoms with van der Waals surface area (Å²) in [5.41, 5.74) is 0. The highest BCUT2D eigenvalue weighted by Crippen LogP contribution is 2.17. The molecule has 0 saturated heterocycles. The van der Waals surface area contributed by atoms with Crippen LogP contribution in [0.3, 0.4) is 0 Å². The smallest absolute Gasteiger partial charge is 0.126 e. The third-order valence-corrected chi connectivity index (χ3v) is 3.09. The number of rotatable bonds is 0. The number of aryl methyl sites for hydroxylation is 3. The Morgan fingerprint density at radius 1 is 0.765 bits per heavy atom. The third-order valence-electron chi connectivity index (χ3n) is 3.09. The Morgan fingerprint density at radius 3 is 2.35 bits per heavy atom. The molecule has 0 atom stereocenters. The second kappa shape index (κ2) is 4.66. The predicted octanol–water partition coefficient (Wildman–Crippen LogP) is 4.01. The van der Waals surface area contributed by atoms with Crippen molar-refractivity contribution in [3.63, 3.8) is 0 Å². The van der Waals surface area contributed by atoms with Crippen molar-refractivity contribution in [3.8, 4) is 0 Å². The molecule has 17 heavy (non-hydrogen) atoms. The van der Waals surface area contributed by atoms with Gasteiger partial charge in [-0.1, -0.05) is 6.08 Å². The molecule has 0 spiro atoms. The second-order valence-corrected chi connectivity index (χ2v) is 4.47. The monoisotopic (exact) mass is 228 g/mol. The van der Waals surface area contributed by atoms with Crippen LogP contribution in [-0.2, 0) is 19.3 Å². The summed E-state index contributed by atoms with van der Waals surface area (Å²) >= 11 is 0. The zero-order valence-electron chi connectivity index (χ0n) is 9.82. The fourth-order valence-corrected chi connectivity index (χ4v) is 2.15. The highest BCUT2D eigenvalue weighted by molar-refractivity contribution is 5.42. The van der Waals surface area contributed by atoms with E-state index in [9.17, 15) is 0 Å². The molecule has 3 rings (SSSR count). The molecule has 0 aliphatic carbocycles. The first-order valence-corrected chi connectivity index (χ1v) is 6.23. The summed E-state index contributed by atoms with van der Waals surface area (Å²) in [6.45, 7) is 0. The Balaban J connectivity index is 1.84. The van der Waals surface area contributed by atoms with Gasteiger partial charge in [0, 0.05) is 19.3 Å². The van der Waals surface area contributed by atoms with Crippen LogP contribution in [0.5, 0.6) is 0 Å². The van der Waals surface area contributed by atoms with E-state index in [0.29, 0.717) is 0 Å². The van der Waals surface area contributed by atoms with E-state index in [1.54, 1.807) is 0 Å². The van der Waals surface area contributed by atoms with Crippen molar-refractivity contribution in [2.75, 3.05) is 0 Å². The van der Waals surface area contributed by atoms with E-state index in [-0.39, 0.29) is 0 Å². The summed E-state index contributed by atoms with van der Waals surface area (Å²) in [5.74, 6) is 4.15. The van der Waals surface area contributed by atoms with Crippen molar-refractivity contribution in [1.29, 1.82) is 0 Å². The van der Waals surface area contributed by atoms with E-state index in [4.69, 9.17) is 8.83 Å². The maximum atomic E-state index is 5.78. The molecule has 0 fully saturated rings. The van der Waals surface area contributed by atoms with Crippen LogP contribution in [0.25, 0.3) is 6.08 Å². The lowest BCUT2D eigenvalue weighted by atomic mass is 10.2. The number of hydrogen-bond donors (Lipinski definition) is 0. The van der Waals surface area contributed by atoms with Gasteiger partial charge >= 0.3 is 0 Å². The van der Waals surface area contributed by atoms with Gasteiger partial charge in [-0.25, -0.2) is 0 Å². The molecule has 2 aromatic rings. The molecular formula is C15H16O2. The Bertz CT molecular complexity index is 517. The highest BCUT2D eigenvalue weighted by Gasteiger charge is 2.06. The van der Waals surface area contributed by atoms with E-state index in [0.717, 1.165) is 55.1 Å². The molecule has 0 aromatic carbocycles. The minimum absolute atomic E-state index is 0.904. The van der Waals surface area contributed by atoms with Crippen LogP contribution >= 0.6 is 0 Å². The number of hydrogen-bond acceptors (Lipinski definition) is 2. The first-order valence-electron chi connectivity index (χ1n) is 6.23. The molecule has 0 saturated carbocycles. The number of fused-ring (bicyclic) bond motifs is 4. The molecule has 0 radical (unpaired) electrons. The molecule has 0 amide bonds. The lowest BCUT2D eigenvalue weighted by molar-refractivity contribution is 0.445.